The van der Waals surface area contributed by atoms with Gasteiger partial charge in [0.05, 0.1) is 12.3 Å². The van der Waals surface area contributed by atoms with Gasteiger partial charge in [0.2, 0.25) is 0 Å². The van der Waals surface area contributed by atoms with Gasteiger partial charge in [0.1, 0.15) is 5.75 Å². The van der Waals surface area contributed by atoms with E-state index in [0.717, 1.165) is 16.7 Å². The third-order valence-corrected chi connectivity index (χ3v) is 4.70. The molecule has 0 amide bonds. The van der Waals surface area contributed by atoms with Gasteiger partial charge in [0.15, 0.2) is 5.75 Å². The summed E-state index contributed by atoms with van der Waals surface area (Å²) in [6.45, 7) is 0.0785. The molecule has 0 atom stereocenters. The molecular formula is C26H23N3O5. The Labute approximate surface area is 197 Å². The van der Waals surface area contributed by atoms with E-state index in [2.05, 4.69) is 0 Å². The molecule has 0 heterocycles. The molecule has 0 bridgehead atoms. The lowest BCUT2D eigenvalue weighted by atomic mass is 10.0. The molecule has 0 saturated carbocycles. The van der Waals surface area contributed by atoms with Crippen molar-refractivity contribution < 1.29 is 23.8 Å². The van der Waals surface area contributed by atoms with Gasteiger partial charge in [-0.1, -0.05) is 36.4 Å². The Kier molecular flexibility index (Phi) is 8.25. The molecule has 0 aliphatic heterocycles. The number of carbonyl (C=O) groups is 2. The minimum absolute atomic E-state index is 0.0658. The van der Waals surface area contributed by atoms with E-state index in [1.54, 1.807) is 36.6 Å². The maximum absolute atomic E-state index is 11.9. The van der Waals surface area contributed by atoms with Crippen LogP contribution in [0.2, 0.25) is 0 Å². The van der Waals surface area contributed by atoms with Gasteiger partial charge in [-0.15, -0.1) is 5.26 Å². The number of nitrogen functional groups attached to an aromatic ring is 2. The maximum atomic E-state index is 11.9. The lowest BCUT2D eigenvalue weighted by Gasteiger charge is -2.08. The molecule has 0 fully saturated rings. The topological polar surface area (TPSA) is 138 Å². The van der Waals surface area contributed by atoms with E-state index in [1.165, 1.54) is 12.1 Å². The highest BCUT2D eigenvalue weighted by atomic mass is 16.5. The number of anilines is 2. The van der Waals surface area contributed by atoms with Crippen molar-refractivity contribution in [2.45, 2.75) is 12.8 Å². The van der Waals surface area contributed by atoms with E-state index >= 15 is 0 Å². The number of nitrogens with zero attached hydrogens (tertiary/aromatic N) is 1. The molecule has 8 nitrogen and oxygen atoms in total. The number of benzene rings is 3. The van der Waals surface area contributed by atoms with Crippen molar-refractivity contribution in [1.82, 2.24) is 0 Å². The quantitative estimate of drug-likeness (QED) is 0.121. The predicted molar refractivity (Wildman–Crippen MR) is 128 cm³/mol. The average molecular weight is 457 g/mol. The Balaban J connectivity index is 1.41. The summed E-state index contributed by atoms with van der Waals surface area (Å²) in [5.41, 5.74) is 14.9. The molecule has 0 aliphatic rings. The number of esters is 2. The standard InChI is InChI=1S/C26H23N3O5/c27-17-33-22-11-8-20(9-12-22)19-6-3-18(4-7-19)5-14-25(30)32-15-1-2-26(31)34-24-16-21(28)10-13-23(24)29/h3-14,16H,1-2,15,28-29H2/b14-5+. The van der Waals surface area contributed by atoms with Gasteiger partial charge in [0, 0.05) is 24.3 Å². The van der Waals surface area contributed by atoms with Crippen LogP contribution in [0.4, 0.5) is 11.4 Å². The SMILES string of the molecule is N#COc1ccc(-c2ccc(/C=C/C(=O)OCCCC(=O)Oc3cc(N)ccc3N)cc2)cc1. The molecule has 172 valence electrons. The van der Waals surface area contributed by atoms with Crippen molar-refractivity contribution in [3.63, 3.8) is 0 Å². The molecular weight excluding hydrogens is 434 g/mol. The van der Waals surface area contributed by atoms with Gasteiger partial charge in [-0.3, -0.25) is 4.79 Å². The Hall–Kier alpha value is -4.77. The number of carbonyl (C=O) groups excluding carboxylic acids is 2. The van der Waals surface area contributed by atoms with E-state index in [-0.39, 0.29) is 18.8 Å². The smallest absolute Gasteiger partial charge is 0.330 e. The van der Waals surface area contributed by atoms with Gasteiger partial charge >= 0.3 is 11.9 Å². The first-order valence-electron chi connectivity index (χ1n) is 10.4. The van der Waals surface area contributed by atoms with Gasteiger partial charge in [-0.25, -0.2) is 4.79 Å². The lowest BCUT2D eigenvalue weighted by molar-refractivity contribution is -0.140. The summed E-state index contributed by atoms with van der Waals surface area (Å²) in [5, 5.41) is 8.54. The molecule has 34 heavy (non-hydrogen) atoms. The summed E-state index contributed by atoms with van der Waals surface area (Å²) in [4.78, 5) is 23.8. The van der Waals surface area contributed by atoms with Crippen LogP contribution in [0.25, 0.3) is 17.2 Å². The molecule has 0 radical (unpaired) electrons. The van der Waals surface area contributed by atoms with Gasteiger partial charge in [-0.05, 0) is 53.5 Å². The molecule has 4 N–H and O–H groups in total. The largest absolute Gasteiger partial charge is 0.463 e. The van der Waals surface area contributed by atoms with Crippen LogP contribution in [0.5, 0.6) is 11.5 Å². The third kappa shape index (κ3) is 7.14. The van der Waals surface area contributed by atoms with Crippen LogP contribution < -0.4 is 20.9 Å². The minimum Gasteiger partial charge on any atom is -0.463 e. The Bertz CT molecular complexity index is 1210. The van der Waals surface area contributed by atoms with Gasteiger partial charge < -0.3 is 25.7 Å². The Morgan fingerprint density at radius 1 is 0.941 bits per heavy atom. The Morgan fingerprint density at radius 3 is 2.29 bits per heavy atom. The highest BCUT2D eigenvalue weighted by Gasteiger charge is 2.09. The van der Waals surface area contributed by atoms with Crippen molar-refractivity contribution >= 4 is 29.4 Å². The molecule has 3 rings (SSSR count). The summed E-state index contributed by atoms with van der Waals surface area (Å²) in [6.07, 6.45) is 4.99. The first kappa shape index (κ1) is 23.9. The summed E-state index contributed by atoms with van der Waals surface area (Å²) >= 11 is 0. The zero-order chi connectivity index (χ0) is 24.3. The normalized spacial score (nSPS) is 10.4. The highest BCUT2D eigenvalue weighted by molar-refractivity contribution is 5.87. The number of hydrogen-bond donors (Lipinski definition) is 2. The first-order valence-corrected chi connectivity index (χ1v) is 10.4. The average Bonchev–Trinajstić information content (AvgIpc) is 2.84. The Morgan fingerprint density at radius 2 is 1.62 bits per heavy atom. The van der Waals surface area contributed by atoms with Crippen molar-refractivity contribution in [3.8, 4) is 28.9 Å². The van der Waals surface area contributed by atoms with E-state index < -0.39 is 11.9 Å². The zero-order valence-corrected chi connectivity index (χ0v) is 18.3. The van der Waals surface area contributed by atoms with Crippen molar-refractivity contribution in [2.24, 2.45) is 0 Å². The first-order chi connectivity index (χ1) is 16.4. The van der Waals surface area contributed by atoms with Crippen LogP contribution in [0.3, 0.4) is 0 Å². The number of rotatable bonds is 9. The fourth-order valence-electron chi connectivity index (χ4n) is 2.97. The number of nitrogens with two attached hydrogens (primary N) is 2. The molecule has 3 aromatic rings. The summed E-state index contributed by atoms with van der Waals surface area (Å²) < 4.78 is 15.1. The minimum atomic E-state index is -0.509. The predicted octanol–water partition coefficient (Wildman–Crippen LogP) is 4.32. The molecule has 3 aromatic carbocycles. The van der Waals surface area contributed by atoms with Crippen molar-refractivity contribution in [3.05, 3.63) is 78.4 Å². The second-order valence-corrected chi connectivity index (χ2v) is 7.22. The van der Waals surface area contributed by atoms with E-state index in [0.29, 0.717) is 23.5 Å². The summed E-state index contributed by atoms with van der Waals surface area (Å²) in [7, 11) is 0. The van der Waals surface area contributed by atoms with Gasteiger partial charge in [0.25, 0.3) is 6.26 Å². The monoisotopic (exact) mass is 457 g/mol. The fourth-order valence-corrected chi connectivity index (χ4v) is 2.97. The number of nitriles is 1. The van der Waals surface area contributed by atoms with Crippen LogP contribution in [-0.4, -0.2) is 18.5 Å². The second-order valence-electron chi connectivity index (χ2n) is 7.22. The van der Waals surface area contributed by atoms with Crippen LogP contribution in [0.15, 0.2) is 72.8 Å². The zero-order valence-electron chi connectivity index (χ0n) is 18.3. The number of ether oxygens (including phenoxy) is 3. The molecule has 0 aromatic heterocycles. The fraction of sp³-hybridized carbons (Fsp3) is 0.115. The van der Waals surface area contributed by atoms with E-state index in [1.807, 2.05) is 36.4 Å². The molecule has 0 spiro atoms. The molecule has 0 aliphatic carbocycles. The second kappa shape index (κ2) is 11.7. The highest BCUT2D eigenvalue weighted by Crippen LogP contribution is 2.25. The lowest BCUT2D eigenvalue weighted by Crippen LogP contribution is -2.11. The van der Waals surface area contributed by atoms with Crippen LogP contribution in [0, 0.1) is 11.5 Å². The van der Waals surface area contributed by atoms with E-state index in [4.69, 9.17) is 30.9 Å². The number of hydrogen-bond acceptors (Lipinski definition) is 8. The molecule has 0 saturated heterocycles. The van der Waals surface area contributed by atoms with Crippen LogP contribution in [0.1, 0.15) is 18.4 Å². The van der Waals surface area contributed by atoms with Crippen molar-refractivity contribution in [1.29, 1.82) is 5.26 Å². The van der Waals surface area contributed by atoms with E-state index in [9.17, 15) is 9.59 Å². The third-order valence-electron chi connectivity index (χ3n) is 4.70. The van der Waals surface area contributed by atoms with Crippen LogP contribution in [-0.2, 0) is 14.3 Å². The molecule has 0 unspecified atom stereocenters. The van der Waals surface area contributed by atoms with Gasteiger partial charge in [-0.2, -0.15) is 0 Å². The molecule has 8 heteroatoms. The van der Waals surface area contributed by atoms with Crippen molar-refractivity contribution in [2.75, 3.05) is 18.1 Å². The maximum Gasteiger partial charge on any atom is 0.330 e. The van der Waals surface area contributed by atoms with Crippen LogP contribution >= 0.6 is 0 Å². The summed E-state index contributed by atoms with van der Waals surface area (Å²) in [6, 6.07) is 19.4. The summed E-state index contributed by atoms with van der Waals surface area (Å²) in [5.74, 6) is -0.310.